The maximum absolute atomic E-state index is 4.18. The summed E-state index contributed by atoms with van der Waals surface area (Å²) in [6.45, 7) is 0. The highest BCUT2D eigenvalue weighted by molar-refractivity contribution is 14.1. The molecular formula is C7H3Br2IN2. The van der Waals surface area contributed by atoms with Gasteiger partial charge in [0.15, 0.2) is 0 Å². The number of aromatic nitrogens is 2. The third kappa shape index (κ3) is 1.31. The fraction of sp³-hybridized carbons (Fsp3) is 0. The zero-order valence-electron chi connectivity index (χ0n) is 5.74. The molecule has 0 saturated carbocycles. The predicted molar refractivity (Wildman–Crippen MR) is 64.2 cm³/mol. The SMILES string of the molecule is Brc1cnc(Br)c2c(I)c[nH]c12. The lowest BCUT2D eigenvalue weighted by atomic mass is 10.3. The van der Waals surface area contributed by atoms with Crippen molar-refractivity contribution in [2.75, 3.05) is 0 Å². The number of H-pyrrole nitrogens is 1. The standard InChI is InChI=1S/C7H3Br2IN2/c8-3-1-12-7(9)5-4(10)2-11-6(3)5/h1-2,11H. The monoisotopic (exact) mass is 400 g/mol. The number of hydrogen-bond donors (Lipinski definition) is 1. The summed E-state index contributed by atoms with van der Waals surface area (Å²) < 4.78 is 3.04. The first-order chi connectivity index (χ1) is 5.70. The Hall–Kier alpha value is 0.380. The van der Waals surface area contributed by atoms with Gasteiger partial charge in [-0.2, -0.15) is 0 Å². The van der Waals surface area contributed by atoms with Gasteiger partial charge in [0.1, 0.15) is 4.60 Å². The number of rotatable bonds is 0. The van der Waals surface area contributed by atoms with Crippen molar-refractivity contribution in [2.45, 2.75) is 0 Å². The van der Waals surface area contributed by atoms with Crippen LogP contribution in [0.5, 0.6) is 0 Å². The van der Waals surface area contributed by atoms with E-state index in [2.05, 4.69) is 64.4 Å². The number of pyridine rings is 1. The van der Waals surface area contributed by atoms with E-state index in [4.69, 9.17) is 0 Å². The molecule has 5 heteroatoms. The molecule has 0 aliphatic heterocycles. The summed E-state index contributed by atoms with van der Waals surface area (Å²) in [7, 11) is 0. The van der Waals surface area contributed by atoms with Crippen LogP contribution in [0.2, 0.25) is 0 Å². The van der Waals surface area contributed by atoms with E-state index in [1.165, 1.54) is 3.57 Å². The van der Waals surface area contributed by atoms with Crippen molar-refractivity contribution in [3.05, 3.63) is 25.0 Å². The summed E-state index contributed by atoms with van der Waals surface area (Å²) in [4.78, 5) is 7.36. The summed E-state index contributed by atoms with van der Waals surface area (Å²) in [5, 5.41) is 1.13. The zero-order valence-corrected chi connectivity index (χ0v) is 11.1. The first kappa shape index (κ1) is 8.96. The number of nitrogens with zero attached hydrogens (tertiary/aromatic N) is 1. The van der Waals surface area contributed by atoms with E-state index in [-0.39, 0.29) is 0 Å². The van der Waals surface area contributed by atoms with Crippen LogP contribution in [0.15, 0.2) is 21.5 Å². The minimum atomic E-state index is 0.881. The smallest absolute Gasteiger partial charge is 0.116 e. The molecule has 0 unspecified atom stereocenters. The van der Waals surface area contributed by atoms with Crippen LogP contribution in [0.4, 0.5) is 0 Å². The predicted octanol–water partition coefficient (Wildman–Crippen LogP) is 3.69. The molecule has 0 aliphatic rings. The molecule has 0 aliphatic carbocycles. The maximum Gasteiger partial charge on any atom is 0.116 e. The van der Waals surface area contributed by atoms with E-state index in [9.17, 15) is 0 Å². The van der Waals surface area contributed by atoms with Crippen molar-refractivity contribution in [2.24, 2.45) is 0 Å². The Bertz CT molecular complexity index is 438. The number of halogens is 3. The lowest BCUT2D eigenvalue weighted by Crippen LogP contribution is -1.79. The van der Waals surface area contributed by atoms with Crippen molar-refractivity contribution in [3.63, 3.8) is 0 Å². The summed E-state index contributed by atoms with van der Waals surface area (Å²) in [5.74, 6) is 0. The molecule has 2 rings (SSSR count). The van der Waals surface area contributed by atoms with Gasteiger partial charge in [0, 0.05) is 21.4 Å². The van der Waals surface area contributed by atoms with E-state index in [1.54, 1.807) is 6.20 Å². The van der Waals surface area contributed by atoms with Crippen LogP contribution in [0.1, 0.15) is 0 Å². The summed E-state index contributed by atoms with van der Waals surface area (Å²) in [6.07, 6.45) is 3.74. The average molecular weight is 402 g/mol. The van der Waals surface area contributed by atoms with E-state index < -0.39 is 0 Å². The maximum atomic E-state index is 4.18. The van der Waals surface area contributed by atoms with Crippen molar-refractivity contribution in [1.82, 2.24) is 9.97 Å². The Morgan fingerprint density at radius 2 is 2.17 bits per heavy atom. The molecule has 0 atom stereocenters. The number of nitrogens with one attached hydrogen (secondary N) is 1. The highest BCUT2D eigenvalue weighted by atomic mass is 127. The van der Waals surface area contributed by atoms with Gasteiger partial charge in [-0.3, -0.25) is 0 Å². The Morgan fingerprint density at radius 1 is 1.42 bits per heavy atom. The quantitative estimate of drug-likeness (QED) is 0.529. The van der Waals surface area contributed by atoms with Crippen molar-refractivity contribution in [1.29, 1.82) is 0 Å². The molecule has 0 bridgehead atoms. The third-order valence-electron chi connectivity index (χ3n) is 1.57. The van der Waals surface area contributed by atoms with Crippen LogP contribution < -0.4 is 0 Å². The molecule has 0 amide bonds. The van der Waals surface area contributed by atoms with Gasteiger partial charge in [0.2, 0.25) is 0 Å². The van der Waals surface area contributed by atoms with Gasteiger partial charge < -0.3 is 4.98 Å². The Morgan fingerprint density at radius 3 is 2.83 bits per heavy atom. The number of hydrogen-bond acceptors (Lipinski definition) is 1. The van der Waals surface area contributed by atoms with Crippen LogP contribution in [-0.4, -0.2) is 9.97 Å². The Labute approximate surface area is 99.5 Å². The molecule has 62 valence electrons. The third-order valence-corrected chi connectivity index (χ3v) is 3.62. The van der Waals surface area contributed by atoms with Crippen LogP contribution in [0.25, 0.3) is 10.9 Å². The zero-order chi connectivity index (χ0) is 8.72. The summed E-state index contributed by atoms with van der Waals surface area (Å²) in [6, 6.07) is 0. The highest BCUT2D eigenvalue weighted by Gasteiger charge is 2.08. The molecule has 2 aromatic rings. The van der Waals surface area contributed by atoms with Gasteiger partial charge in [0.25, 0.3) is 0 Å². The molecular weight excluding hydrogens is 399 g/mol. The molecule has 0 radical (unpaired) electrons. The first-order valence-corrected chi connectivity index (χ1v) is 5.83. The summed E-state index contributed by atoms with van der Waals surface area (Å²) in [5.41, 5.74) is 1.08. The van der Waals surface area contributed by atoms with Crippen LogP contribution in [0.3, 0.4) is 0 Å². The topological polar surface area (TPSA) is 28.7 Å². The van der Waals surface area contributed by atoms with E-state index in [0.717, 1.165) is 20.0 Å². The van der Waals surface area contributed by atoms with E-state index >= 15 is 0 Å². The van der Waals surface area contributed by atoms with Crippen molar-refractivity contribution < 1.29 is 0 Å². The Balaban J connectivity index is 2.98. The highest BCUT2D eigenvalue weighted by Crippen LogP contribution is 2.30. The summed E-state index contributed by atoms with van der Waals surface area (Å²) >= 11 is 9.10. The molecule has 2 nitrogen and oxygen atoms in total. The molecule has 2 heterocycles. The lowest BCUT2D eigenvalue weighted by molar-refractivity contribution is 1.29. The van der Waals surface area contributed by atoms with Gasteiger partial charge in [0.05, 0.1) is 9.99 Å². The molecule has 0 fully saturated rings. The van der Waals surface area contributed by atoms with Crippen LogP contribution in [-0.2, 0) is 0 Å². The van der Waals surface area contributed by atoms with Gasteiger partial charge in [-0.25, -0.2) is 4.98 Å². The minimum absolute atomic E-state index is 0.881. The van der Waals surface area contributed by atoms with Crippen molar-refractivity contribution in [3.8, 4) is 0 Å². The minimum Gasteiger partial charge on any atom is -0.359 e. The first-order valence-electron chi connectivity index (χ1n) is 3.16. The van der Waals surface area contributed by atoms with Gasteiger partial charge in [-0.15, -0.1) is 0 Å². The average Bonchev–Trinajstić information content (AvgIpc) is 2.42. The second kappa shape index (κ2) is 3.26. The Kier molecular flexibility index (Phi) is 2.44. The van der Waals surface area contributed by atoms with E-state index in [1.807, 2.05) is 6.20 Å². The largest absolute Gasteiger partial charge is 0.359 e. The van der Waals surface area contributed by atoms with Crippen LogP contribution >= 0.6 is 54.5 Å². The van der Waals surface area contributed by atoms with Crippen LogP contribution in [0, 0.1) is 3.57 Å². The molecule has 0 spiro atoms. The van der Waals surface area contributed by atoms with Gasteiger partial charge in [-0.05, 0) is 54.5 Å². The number of aromatic amines is 1. The molecule has 1 N–H and O–H groups in total. The number of fused-ring (bicyclic) bond motifs is 1. The molecule has 12 heavy (non-hydrogen) atoms. The molecule has 0 saturated heterocycles. The molecule has 0 aromatic carbocycles. The molecule has 2 aromatic heterocycles. The lowest BCUT2D eigenvalue weighted by Gasteiger charge is -1.96. The van der Waals surface area contributed by atoms with Gasteiger partial charge >= 0.3 is 0 Å². The second-order valence-electron chi connectivity index (χ2n) is 2.28. The van der Waals surface area contributed by atoms with E-state index in [0.29, 0.717) is 0 Å². The van der Waals surface area contributed by atoms with Gasteiger partial charge in [-0.1, -0.05) is 0 Å². The fourth-order valence-corrected chi connectivity index (χ4v) is 3.01. The van der Waals surface area contributed by atoms with Crippen molar-refractivity contribution >= 4 is 65.4 Å². The second-order valence-corrected chi connectivity index (χ2v) is 5.05. The normalized spacial score (nSPS) is 10.9. The fourth-order valence-electron chi connectivity index (χ4n) is 1.03.